The lowest BCUT2D eigenvalue weighted by Gasteiger charge is -2.43. The van der Waals surface area contributed by atoms with Gasteiger partial charge in [-0.3, -0.25) is 9.69 Å². The molecule has 0 N–H and O–H groups in total. The van der Waals surface area contributed by atoms with E-state index in [-0.39, 0.29) is 30.4 Å². The van der Waals surface area contributed by atoms with E-state index in [4.69, 9.17) is 4.74 Å². The molecular formula is C36H35FN2O2. The molecule has 2 aliphatic heterocycles. The molecular weight excluding hydrogens is 511 g/mol. The zero-order valence-corrected chi connectivity index (χ0v) is 23.4. The van der Waals surface area contributed by atoms with Crippen LogP contribution in [0.1, 0.15) is 51.9 Å². The lowest BCUT2D eigenvalue weighted by molar-refractivity contribution is -0.140. The fourth-order valence-electron chi connectivity index (χ4n) is 7.14. The normalized spacial score (nSPS) is 18.7. The van der Waals surface area contributed by atoms with Crippen LogP contribution in [0.2, 0.25) is 0 Å². The molecule has 4 aromatic rings. The summed E-state index contributed by atoms with van der Waals surface area (Å²) in [4.78, 5) is 18.9. The molecule has 1 aliphatic carbocycles. The van der Waals surface area contributed by atoms with Crippen molar-refractivity contribution in [3.63, 3.8) is 0 Å². The number of para-hydroxylation sites is 1. The molecule has 1 amide bonds. The van der Waals surface area contributed by atoms with Crippen LogP contribution in [0.3, 0.4) is 0 Å². The summed E-state index contributed by atoms with van der Waals surface area (Å²) < 4.78 is 21.1. The van der Waals surface area contributed by atoms with Gasteiger partial charge in [-0.25, -0.2) is 4.39 Å². The number of fused-ring (bicyclic) bond motifs is 3. The average molecular weight is 547 g/mol. The Morgan fingerprint density at radius 3 is 2.29 bits per heavy atom. The Morgan fingerprint density at radius 1 is 0.854 bits per heavy atom. The highest BCUT2D eigenvalue weighted by Gasteiger charge is 2.40. The van der Waals surface area contributed by atoms with E-state index in [1.807, 2.05) is 17.9 Å². The summed E-state index contributed by atoms with van der Waals surface area (Å²) >= 11 is 0. The molecule has 0 fully saturated rings. The van der Waals surface area contributed by atoms with Crippen molar-refractivity contribution in [3.8, 4) is 5.75 Å². The van der Waals surface area contributed by atoms with Gasteiger partial charge in [-0.2, -0.15) is 0 Å². The van der Waals surface area contributed by atoms with Gasteiger partial charge in [0, 0.05) is 36.7 Å². The Bertz CT molecular complexity index is 1580. The first-order valence-corrected chi connectivity index (χ1v) is 14.8. The van der Waals surface area contributed by atoms with Gasteiger partial charge in [0.05, 0.1) is 18.7 Å². The second-order valence-corrected chi connectivity index (χ2v) is 11.6. The van der Waals surface area contributed by atoms with E-state index in [0.717, 1.165) is 43.5 Å². The third-order valence-corrected chi connectivity index (χ3v) is 9.27. The number of halogens is 1. The Hall–Kier alpha value is -3.96. The first-order valence-electron chi connectivity index (χ1n) is 14.8. The highest BCUT2D eigenvalue weighted by atomic mass is 19.1. The third-order valence-electron chi connectivity index (χ3n) is 9.27. The average Bonchev–Trinajstić information content (AvgIpc) is 3.67. The second-order valence-electron chi connectivity index (χ2n) is 11.6. The minimum absolute atomic E-state index is 0.0122. The first-order chi connectivity index (χ1) is 20.1. The number of ether oxygens (including phenoxy) is 1. The molecule has 0 spiro atoms. The Kier molecular flexibility index (Phi) is 6.83. The maximum absolute atomic E-state index is 14.9. The fraction of sp³-hybridized carbons (Fsp3) is 0.306. The standard InChI is InChI=1S/C36H35FN2O2/c1-24(36(40)39(23-29-12-5-7-16-33(29)37)30-21-27-10-2-3-11-28(27)22-30)38-19-17-25-9-4-6-14-31(25)34(38)32-15-8-13-26-18-20-41-35(26)32/h2-16,24,30,34H,17-23H2,1H3. The lowest BCUT2D eigenvalue weighted by Crippen LogP contribution is -2.53. The van der Waals surface area contributed by atoms with Crippen molar-refractivity contribution in [1.82, 2.24) is 9.80 Å². The number of carbonyl (C=O) groups excluding carboxylic acids is 1. The van der Waals surface area contributed by atoms with Gasteiger partial charge in [0.1, 0.15) is 11.6 Å². The maximum Gasteiger partial charge on any atom is 0.240 e. The summed E-state index contributed by atoms with van der Waals surface area (Å²) in [5.74, 6) is 0.743. The van der Waals surface area contributed by atoms with Gasteiger partial charge in [0.25, 0.3) is 0 Å². The Morgan fingerprint density at radius 2 is 1.51 bits per heavy atom. The van der Waals surface area contributed by atoms with Gasteiger partial charge in [-0.15, -0.1) is 0 Å². The van der Waals surface area contributed by atoms with Crippen LogP contribution in [-0.4, -0.2) is 40.9 Å². The van der Waals surface area contributed by atoms with E-state index in [0.29, 0.717) is 12.2 Å². The molecule has 0 saturated heterocycles. The summed E-state index contributed by atoms with van der Waals surface area (Å²) in [5.41, 5.74) is 8.01. The van der Waals surface area contributed by atoms with Gasteiger partial charge in [0.15, 0.2) is 0 Å². The van der Waals surface area contributed by atoms with E-state index < -0.39 is 6.04 Å². The minimum atomic E-state index is -0.402. The van der Waals surface area contributed by atoms with Crippen molar-refractivity contribution in [3.05, 3.63) is 136 Å². The van der Waals surface area contributed by atoms with E-state index in [1.165, 1.54) is 33.9 Å². The number of hydrogen-bond acceptors (Lipinski definition) is 3. The summed E-state index contributed by atoms with van der Waals surface area (Å²) in [6.07, 6.45) is 3.36. The van der Waals surface area contributed by atoms with Crippen LogP contribution in [-0.2, 0) is 37.0 Å². The monoisotopic (exact) mass is 546 g/mol. The van der Waals surface area contributed by atoms with Crippen molar-refractivity contribution < 1.29 is 13.9 Å². The first kappa shape index (κ1) is 26.0. The lowest BCUT2D eigenvalue weighted by atomic mass is 9.86. The molecule has 208 valence electrons. The van der Waals surface area contributed by atoms with Crippen LogP contribution in [0.15, 0.2) is 91.0 Å². The highest BCUT2D eigenvalue weighted by Crippen LogP contribution is 2.43. The molecule has 2 heterocycles. The number of carbonyl (C=O) groups is 1. The molecule has 0 aromatic heterocycles. The van der Waals surface area contributed by atoms with Gasteiger partial charge < -0.3 is 9.64 Å². The van der Waals surface area contributed by atoms with Gasteiger partial charge in [-0.1, -0.05) is 84.9 Å². The molecule has 4 aromatic carbocycles. The SMILES string of the molecule is CC(C(=O)N(Cc1ccccc1F)C1Cc2ccccc2C1)N1CCc2ccccc2C1c1cccc2c1OCC2. The Balaban J connectivity index is 1.26. The van der Waals surface area contributed by atoms with Crippen LogP contribution in [0.4, 0.5) is 4.39 Å². The largest absolute Gasteiger partial charge is 0.493 e. The topological polar surface area (TPSA) is 32.8 Å². The zero-order valence-electron chi connectivity index (χ0n) is 23.4. The van der Waals surface area contributed by atoms with Crippen molar-refractivity contribution in [2.24, 2.45) is 0 Å². The van der Waals surface area contributed by atoms with Crippen molar-refractivity contribution in [2.45, 2.75) is 57.3 Å². The number of nitrogens with zero attached hydrogens (tertiary/aromatic N) is 2. The number of amides is 1. The van der Waals surface area contributed by atoms with Crippen LogP contribution >= 0.6 is 0 Å². The van der Waals surface area contributed by atoms with E-state index in [2.05, 4.69) is 71.6 Å². The molecule has 4 nitrogen and oxygen atoms in total. The Labute approximate surface area is 241 Å². The van der Waals surface area contributed by atoms with Gasteiger partial charge in [0.2, 0.25) is 5.91 Å². The fourth-order valence-corrected chi connectivity index (χ4v) is 7.14. The predicted octanol–water partition coefficient (Wildman–Crippen LogP) is 6.29. The van der Waals surface area contributed by atoms with Crippen molar-refractivity contribution in [1.29, 1.82) is 0 Å². The summed E-state index contributed by atoms with van der Waals surface area (Å²) in [5, 5.41) is 0. The smallest absolute Gasteiger partial charge is 0.240 e. The number of rotatable bonds is 6. The molecule has 5 heteroatoms. The summed E-state index contributed by atoms with van der Waals surface area (Å²) in [7, 11) is 0. The predicted molar refractivity (Wildman–Crippen MR) is 158 cm³/mol. The molecule has 41 heavy (non-hydrogen) atoms. The van der Waals surface area contributed by atoms with Crippen LogP contribution < -0.4 is 4.74 Å². The van der Waals surface area contributed by atoms with E-state index in [1.54, 1.807) is 12.1 Å². The molecule has 2 unspecified atom stereocenters. The molecule has 7 rings (SSSR count). The number of hydrogen-bond donors (Lipinski definition) is 0. The molecule has 2 atom stereocenters. The number of benzene rings is 4. The van der Waals surface area contributed by atoms with Crippen LogP contribution in [0.25, 0.3) is 0 Å². The molecule has 0 bridgehead atoms. The molecule has 3 aliphatic rings. The van der Waals surface area contributed by atoms with Crippen molar-refractivity contribution >= 4 is 5.91 Å². The molecule has 0 radical (unpaired) electrons. The van der Waals surface area contributed by atoms with Crippen LogP contribution in [0, 0.1) is 5.82 Å². The second kappa shape index (κ2) is 10.8. The van der Waals surface area contributed by atoms with E-state index in [9.17, 15) is 9.18 Å². The third kappa shape index (κ3) is 4.72. The van der Waals surface area contributed by atoms with Gasteiger partial charge in [-0.05, 0) is 60.1 Å². The summed E-state index contributed by atoms with van der Waals surface area (Å²) in [6, 6.07) is 29.8. The maximum atomic E-state index is 14.9. The zero-order chi connectivity index (χ0) is 27.9. The van der Waals surface area contributed by atoms with Gasteiger partial charge >= 0.3 is 0 Å². The van der Waals surface area contributed by atoms with Crippen molar-refractivity contribution in [2.75, 3.05) is 13.2 Å². The minimum Gasteiger partial charge on any atom is -0.493 e. The van der Waals surface area contributed by atoms with Crippen LogP contribution in [0.5, 0.6) is 5.75 Å². The summed E-state index contributed by atoms with van der Waals surface area (Å²) in [6.45, 7) is 3.74. The van der Waals surface area contributed by atoms with E-state index >= 15 is 0 Å². The quantitative estimate of drug-likeness (QED) is 0.285. The molecule has 0 saturated carbocycles. The highest BCUT2D eigenvalue weighted by molar-refractivity contribution is 5.82.